The predicted octanol–water partition coefficient (Wildman–Crippen LogP) is 3.87. The van der Waals surface area contributed by atoms with Crippen molar-refractivity contribution >= 4 is 5.97 Å². The van der Waals surface area contributed by atoms with Crippen molar-refractivity contribution in [2.24, 2.45) is 0 Å². The highest BCUT2D eigenvalue weighted by atomic mass is 16.5. The lowest BCUT2D eigenvalue weighted by Crippen LogP contribution is -2.14. The third-order valence-electron chi connectivity index (χ3n) is 2.96. The molecule has 0 saturated heterocycles. The molecule has 1 rings (SSSR count). The van der Waals surface area contributed by atoms with E-state index >= 15 is 0 Å². The molecule has 0 atom stereocenters. The second-order valence-electron chi connectivity index (χ2n) is 5.57. The molecule has 0 bridgehead atoms. The van der Waals surface area contributed by atoms with E-state index < -0.39 is 0 Å². The highest BCUT2D eigenvalue weighted by Crippen LogP contribution is 2.26. The zero-order valence-corrected chi connectivity index (χ0v) is 12.0. The summed E-state index contributed by atoms with van der Waals surface area (Å²) in [5.41, 5.74) is 2.86. The molecule has 0 spiro atoms. The zero-order valence-electron chi connectivity index (χ0n) is 12.0. The Hall–Kier alpha value is -1.31. The molecule has 0 radical (unpaired) electrons. The molecule has 0 saturated carbocycles. The van der Waals surface area contributed by atoms with Gasteiger partial charge in [-0.25, -0.2) is 0 Å². The van der Waals surface area contributed by atoms with Gasteiger partial charge in [0.15, 0.2) is 0 Å². The van der Waals surface area contributed by atoms with Crippen LogP contribution in [0.5, 0.6) is 0 Å². The Morgan fingerprint density at radius 3 is 2.50 bits per heavy atom. The number of aryl methyl sites for hydroxylation is 1. The zero-order chi connectivity index (χ0) is 13.6. The van der Waals surface area contributed by atoms with E-state index in [1.807, 2.05) is 6.92 Å². The molecule has 1 aromatic carbocycles. The molecule has 0 fully saturated rings. The fourth-order valence-electron chi connectivity index (χ4n) is 2.13. The summed E-state index contributed by atoms with van der Waals surface area (Å²) in [5, 5.41) is 0. The summed E-state index contributed by atoms with van der Waals surface area (Å²) in [6.07, 6.45) is 2.30. The molecule has 0 aliphatic heterocycles. The van der Waals surface area contributed by atoms with Crippen molar-refractivity contribution in [1.82, 2.24) is 0 Å². The minimum atomic E-state index is -0.0919. The molecule has 0 amide bonds. The first kappa shape index (κ1) is 14.7. The van der Waals surface area contributed by atoms with E-state index in [0.29, 0.717) is 13.0 Å². The SMILES string of the molecule is CCOC(=O)CCCc1ccccc1C(C)(C)C. The number of rotatable bonds is 5. The second kappa shape index (κ2) is 6.58. The third-order valence-corrected chi connectivity index (χ3v) is 2.96. The van der Waals surface area contributed by atoms with Crippen LogP contribution in [0.4, 0.5) is 0 Å². The highest BCUT2D eigenvalue weighted by Gasteiger charge is 2.17. The van der Waals surface area contributed by atoms with Crippen molar-refractivity contribution in [3.05, 3.63) is 35.4 Å². The Kier molecular flexibility index (Phi) is 5.39. The van der Waals surface area contributed by atoms with Crippen molar-refractivity contribution in [2.75, 3.05) is 6.61 Å². The fourth-order valence-corrected chi connectivity index (χ4v) is 2.13. The summed E-state index contributed by atoms with van der Waals surface area (Å²) in [7, 11) is 0. The monoisotopic (exact) mass is 248 g/mol. The highest BCUT2D eigenvalue weighted by molar-refractivity contribution is 5.69. The minimum absolute atomic E-state index is 0.0919. The molecule has 0 aliphatic carbocycles. The maximum absolute atomic E-state index is 11.3. The van der Waals surface area contributed by atoms with Crippen LogP contribution < -0.4 is 0 Å². The van der Waals surface area contributed by atoms with Gasteiger partial charge in [-0.1, -0.05) is 45.0 Å². The van der Waals surface area contributed by atoms with Crippen LogP contribution in [0.1, 0.15) is 51.7 Å². The first-order valence-corrected chi connectivity index (χ1v) is 6.69. The number of hydrogen-bond acceptors (Lipinski definition) is 2. The normalized spacial score (nSPS) is 11.3. The molecule has 0 N–H and O–H groups in total. The van der Waals surface area contributed by atoms with E-state index in [1.54, 1.807) is 0 Å². The van der Waals surface area contributed by atoms with Gasteiger partial charge in [0.2, 0.25) is 0 Å². The number of hydrogen-bond donors (Lipinski definition) is 0. The molecule has 1 aromatic rings. The van der Waals surface area contributed by atoms with E-state index in [9.17, 15) is 4.79 Å². The average Bonchev–Trinajstić information content (AvgIpc) is 2.28. The lowest BCUT2D eigenvalue weighted by atomic mass is 9.82. The number of esters is 1. The van der Waals surface area contributed by atoms with E-state index in [-0.39, 0.29) is 11.4 Å². The van der Waals surface area contributed by atoms with Gasteiger partial charge < -0.3 is 4.74 Å². The van der Waals surface area contributed by atoms with Gasteiger partial charge in [-0.05, 0) is 36.3 Å². The lowest BCUT2D eigenvalue weighted by molar-refractivity contribution is -0.143. The predicted molar refractivity (Wildman–Crippen MR) is 74.7 cm³/mol. The summed E-state index contributed by atoms with van der Waals surface area (Å²) in [4.78, 5) is 11.3. The average molecular weight is 248 g/mol. The Labute approximate surface area is 110 Å². The molecule has 0 aliphatic rings. The van der Waals surface area contributed by atoms with Crippen molar-refractivity contribution in [1.29, 1.82) is 0 Å². The van der Waals surface area contributed by atoms with E-state index in [2.05, 4.69) is 45.0 Å². The van der Waals surface area contributed by atoms with Crippen LogP contribution in [-0.4, -0.2) is 12.6 Å². The largest absolute Gasteiger partial charge is 0.466 e. The standard InChI is InChI=1S/C16H24O2/c1-5-18-15(17)12-8-10-13-9-6-7-11-14(13)16(2,3)4/h6-7,9,11H,5,8,10,12H2,1-4H3. The molecule has 2 nitrogen and oxygen atoms in total. The molecule has 0 unspecified atom stereocenters. The molecule has 18 heavy (non-hydrogen) atoms. The lowest BCUT2D eigenvalue weighted by Gasteiger charge is -2.22. The van der Waals surface area contributed by atoms with E-state index in [1.165, 1.54) is 11.1 Å². The van der Waals surface area contributed by atoms with Gasteiger partial charge in [0.25, 0.3) is 0 Å². The van der Waals surface area contributed by atoms with Gasteiger partial charge in [0.1, 0.15) is 0 Å². The van der Waals surface area contributed by atoms with Crippen LogP contribution in [0, 0.1) is 0 Å². The van der Waals surface area contributed by atoms with Gasteiger partial charge in [-0.2, -0.15) is 0 Å². The number of ether oxygens (including phenoxy) is 1. The number of carbonyl (C=O) groups is 1. The van der Waals surface area contributed by atoms with Gasteiger partial charge in [-0.3, -0.25) is 4.79 Å². The third kappa shape index (κ3) is 4.52. The second-order valence-corrected chi connectivity index (χ2v) is 5.57. The molecule has 100 valence electrons. The van der Waals surface area contributed by atoms with Crippen LogP contribution in [0.2, 0.25) is 0 Å². The maximum atomic E-state index is 11.3. The molecular formula is C16H24O2. The topological polar surface area (TPSA) is 26.3 Å². The number of benzene rings is 1. The molecule has 2 heteroatoms. The smallest absolute Gasteiger partial charge is 0.305 e. The summed E-state index contributed by atoms with van der Waals surface area (Å²) in [6.45, 7) is 8.97. The maximum Gasteiger partial charge on any atom is 0.305 e. The van der Waals surface area contributed by atoms with E-state index in [0.717, 1.165) is 12.8 Å². The summed E-state index contributed by atoms with van der Waals surface area (Å²) >= 11 is 0. The van der Waals surface area contributed by atoms with Gasteiger partial charge in [0.05, 0.1) is 6.61 Å². The van der Waals surface area contributed by atoms with Crippen LogP contribution in [-0.2, 0) is 21.4 Å². The summed E-state index contributed by atoms with van der Waals surface area (Å²) in [5.74, 6) is -0.0919. The fraction of sp³-hybridized carbons (Fsp3) is 0.562. The van der Waals surface area contributed by atoms with Crippen LogP contribution in [0.25, 0.3) is 0 Å². The van der Waals surface area contributed by atoms with Gasteiger partial charge in [0, 0.05) is 6.42 Å². The van der Waals surface area contributed by atoms with Crippen LogP contribution in [0.3, 0.4) is 0 Å². The Balaban J connectivity index is 2.60. The Morgan fingerprint density at radius 1 is 1.22 bits per heavy atom. The van der Waals surface area contributed by atoms with Crippen LogP contribution in [0.15, 0.2) is 24.3 Å². The van der Waals surface area contributed by atoms with Crippen molar-refractivity contribution in [3.8, 4) is 0 Å². The summed E-state index contributed by atoms with van der Waals surface area (Å²) in [6, 6.07) is 8.48. The Morgan fingerprint density at radius 2 is 1.89 bits per heavy atom. The quantitative estimate of drug-likeness (QED) is 0.739. The molecule has 0 aromatic heterocycles. The minimum Gasteiger partial charge on any atom is -0.466 e. The van der Waals surface area contributed by atoms with Gasteiger partial charge >= 0.3 is 5.97 Å². The van der Waals surface area contributed by atoms with Crippen molar-refractivity contribution in [3.63, 3.8) is 0 Å². The van der Waals surface area contributed by atoms with Crippen molar-refractivity contribution < 1.29 is 9.53 Å². The first-order chi connectivity index (χ1) is 8.45. The molecule has 0 heterocycles. The number of carbonyl (C=O) groups excluding carboxylic acids is 1. The van der Waals surface area contributed by atoms with Crippen molar-refractivity contribution in [2.45, 2.75) is 52.4 Å². The van der Waals surface area contributed by atoms with Gasteiger partial charge in [-0.15, -0.1) is 0 Å². The van der Waals surface area contributed by atoms with E-state index in [4.69, 9.17) is 4.74 Å². The summed E-state index contributed by atoms with van der Waals surface area (Å²) < 4.78 is 4.94. The first-order valence-electron chi connectivity index (χ1n) is 6.69. The van der Waals surface area contributed by atoms with Crippen LogP contribution >= 0.6 is 0 Å². The molecular weight excluding hydrogens is 224 g/mol. The Bertz CT molecular complexity index is 388.